The number of hydrogen-bond donors (Lipinski definition) is 0. The van der Waals surface area contributed by atoms with Gasteiger partial charge in [-0.05, 0) is 69.8 Å². The van der Waals surface area contributed by atoms with Gasteiger partial charge in [-0.15, -0.1) is 21.6 Å². The average molecular weight is 623 g/mol. The summed E-state index contributed by atoms with van der Waals surface area (Å²) in [5, 5.41) is 0. The van der Waals surface area contributed by atoms with Crippen LogP contribution >= 0.6 is 34.9 Å². The summed E-state index contributed by atoms with van der Waals surface area (Å²) in [5.41, 5.74) is 13.2. The molecule has 0 spiro atoms. The molecular weight excluding hydrogens is 584 g/mol. The van der Waals surface area contributed by atoms with Gasteiger partial charge in [-0.1, -0.05) is 75.4 Å². The highest BCUT2D eigenvalue weighted by Gasteiger charge is 2.21. The van der Waals surface area contributed by atoms with E-state index in [9.17, 15) is 0 Å². The first-order valence-electron chi connectivity index (χ1n) is 13.3. The Morgan fingerprint density at radius 3 is 1.50 bits per heavy atom. The highest BCUT2D eigenvalue weighted by Crippen LogP contribution is 2.28. The highest BCUT2D eigenvalue weighted by atomic mass is 35.7. The number of nitrogens with zero attached hydrogens (tertiary/aromatic N) is 2. The van der Waals surface area contributed by atoms with Gasteiger partial charge in [-0.2, -0.15) is 4.57 Å². The van der Waals surface area contributed by atoms with Gasteiger partial charge in [0.15, 0.2) is 9.65 Å². The maximum atomic E-state index is 8.49. The Morgan fingerprint density at radius 2 is 1.18 bits per heavy atom. The number of benzene rings is 2. The molecule has 0 aliphatic carbocycles. The second kappa shape index (κ2) is 15.3. The Balaban J connectivity index is 0.000000241. The topological polar surface area (TPSA) is 101 Å². The van der Waals surface area contributed by atoms with E-state index in [1.165, 1.54) is 54.8 Å². The van der Waals surface area contributed by atoms with Crippen molar-refractivity contribution < 1.29 is 33.4 Å². The number of rotatable bonds is 6. The number of para-hydroxylation sites is 2. The molecule has 4 aromatic rings. The Labute approximate surface area is 253 Å². The molecule has 0 fully saturated rings. The minimum Gasteiger partial charge on any atom is -0.295 e. The Bertz CT molecular complexity index is 1420. The quantitative estimate of drug-likeness (QED) is 0.239. The molecule has 0 aliphatic heterocycles. The standard InChI is InChI=1S/C15H19NS2.C15H20NS.ClHO4/c1-5-12-8-7-9-13(6-2)14(12)16-10(3)11(4)18-15(16)17;1-5-13-8-7-9-14(6-2)15(13)16-10-17-12(4)11(16)3;2-1(3,4)5/h7-9H,5-6H2,1-4H3;7-10H,5-6H2,1-4H3;(H,2,3,4,5)/q;+1;/p-1. The molecule has 0 bridgehead atoms. The van der Waals surface area contributed by atoms with Crippen molar-refractivity contribution in [1.29, 1.82) is 0 Å². The van der Waals surface area contributed by atoms with E-state index in [2.05, 4.69) is 106 Å². The van der Waals surface area contributed by atoms with Crippen LogP contribution in [0.1, 0.15) is 71.1 Å². The lowest BCUT2D eigenvalue weighted by atomic mass is 10.0. The van der Waals surface area contributed by atoms with Gasteiger partial charge in [0.1, 0.15) is 0 Å². The first-order valence-corrected chi connectivity index (χ1v) is 16.6. The molecule has 6 nitrogen and oxygen atoms in total. The molecule has 0 N–H and O–H groups in total. The van der Waals surface area contributed by atoms with E-state index in [0.717, 1.165) is 29.6 Å². The van der Waals surface area contributed by atoms with Crippen molar-refractivity contribution in [2.45, 2.75) is 81.1 Å². The molecule has 0 radical (unpaired) electrons. The van der Waals surface area contributed by atoms with Gasteiger partial charge in [-0.25, -0.2) is 18.6 Å². The number of aromatic nitrogens is 2. The van der Waals surface area contributed by atoms with Crippen LogP contribution in [0, 0.1) is 41.9 Å². The van der Waals surface area contributed by atoms with Crippen LogP contribution in [0.15, 0.2) is 41.9 Å². The third kappa shape index (κ3) is 8.77. The van der Waals surface area contributed by atoms with Gasteiger partial charge >= 0.3 is 0 Å². The van der Waals surface area contributed by atoms with Crippen molar-refractivity contribution in [2.24, 2.45) is 0 Å². The molecule has 218 valence electrons. The zero-order valence-corrected chi connectivity index (χ0v) is 27.7. The maximum Gasteiger partial charge on any atom is 0.231 e. The van der Waals surface area contributed by atoms with Crippen molar-refractivity contribution in [2.75, 3.05) is 0 Å². The van der Waals surface area contributed by atoms with Crippen molar-refractivity contribution >= 4 is 34.9 Å². The molecule has 2 heterocycles. The van der Waals surface area contributed by atoms with E-state index in [4.69, 9.17) is 30.9 Å². The lowest BCUT2D eigenvalue weighted by Gasteiger charge is -2.17. The molecule has 0 unspecified atom stereocenters. The van der Waals surface area contributed by atoms with Crippen molar-refractivity contribution in [3.05, 3.63) is 89.3 Å². The van der Waals surface area contributed by atoms with E-state index in [1.54, 1.807) is 11.3 Å². The summed E-state index contributed by atoms with van der Waals surface area (Å²) in [7, 11) is -4.94. The summed E-state index contributed by atoms with van der Waals surface area (Å²) in [5.74, 6) is 0. The Hall–Kier alpha value is -1.95. The summed E-state index contributed by atoms with van der Waals surface area (Å²) in [6, 6.07) is 13.2. The van der Waals surface area contributed by atoms with Crippen LogP contribution in [0.2, 0.25) is 0 Å². The largest absolute Gasteiger partial charge is 0.295 e. The second-order valence-electron chi connectivity index (χ2n) is 9.22. The van der Waals surface area contributed by atoms with Crippen LogP contribution in [0.4, 0.5) is 0 Å². The van der Waals surface area contributed by atoms with Gasteiger partial charge in [-0.3, -0.25) is 4.57 Å². The molecule has 0 amide bonds. The third-order valence-electron chi connectivity index (χ3n) is 6.87. The summed E-state index contributed by atoms with van der Waals surface area (Å²) >= 11 is 9.07. The van der Waals surface area contributed by atoms with Crippen molar-refractivity contribution in [3.63, 3.8) is 0 Å². The van der Waals surface area contributed by atoms with E-state index in [0.29, 0.717) is 0 Å². The normalized spacial score (nSPS) is 11.0. The van der Waals surface area contributed by atoms with Crippen LogP contribution in [0.25, 0.3) is 11.4 Å². The lowest BCUT2D eigenvalue weighted by Crippen LogP contribution is -2.68. The van der Waals surface area contributed by atoms with Crippen LogP contribution < -0.4 is 23.2 Å². The first kappa shape index (κ1) is 34.3. The van der Waals surface area contributed by atoms with Gasteiger partial charge in [0, 0.05) is 28.6 Å². The highest BCUT2D eigenvalue weighted by molar-refractivity contribution is 7.73. The third-order valence-corrected chi connectivity index (χ3v) is 9.22. The molecule has 0 aliphatic rings. The van der Waals surface area contributed by atoms with Gasteiger partial charge in [0.25, 0.3) is 0 Å². The number of halogens is 1. The van der Waals surface area contributed by atoms with Crippen LogP contribution in [-0.2, 0) is 25.7 Å². The predicted molar refractivity (Wildman–Crippen MR) is 157 cm³/mol. The number of aryl methyl sites for hydroxylation is 6. The van der Waals surface area contributed by atoms with Crippen LogP contribution in [0.3, 0.4) is 0 Å². The number of hydrogen-bond acceptors (Lipinski definition) is 7. The summed E-state index contributed by atoms with van der Waals surface area (Å²) in [6.45, 7) is 17.6. The Morgan fingerprint density at radius 1 is 0.750 bits per heavy atom. The fraction of sp³-hybridized carbons (Fsp3) is 0.400. The van der Waals surface area contributed by atoms with Crippen molar-refractivity contribution in [3.8, 4) is 11.4 Å². The molecule has 4 rings (SSSR count). The van der Waals surface area contributed by atoms with Gasteiger partial charge in [0.05, 0.1) is 10.6 Å². The van der Waals surface area contributed by atoms with E-state index >= 15 is 0 Å². The fourth-order valence-electron chi connectivity index (χ4n) is 4.52. The van der Waals surface area contributed by atoms with Crippen LogP contribution in [0.5, 0.6) is 0 Å². The first-order chi connectivity index (χ1) is 18.8. The smallest absolute Gasteiger partial charge is 0.231 e. The minimum absolute atomic E-state index is 0.959. The lowest BCUT2D eigenvalue weighted by molar-refractivity contribution is -2.00. The van der Waals surface area contributed by atoms with E-state index in [-0.39, 0.29) is 0 Å². The molecule has 10 heteroatoms. The monoisotopic (exact) mass is 622 g/mol. The fourth-order valence-corrected chi connectivity index (χ4v) is 6.74. The Kier molecular flexibility index (Phi) is 13.1. The minimum atomic E-state index is -4.94. The van der Waals surface area contributed by atoms with E-state index in [1.807, 2.05) is 11.3 Å². The second-order valence-corrected chi connectivity index (χ2v) is 12.9. The predicted octanol–water partition coefficient (Wildman–Crippen LogP) is 4.02. The molecule has 0 saturated carbocycles. The molecule has 2 aromatic carbocycles. The molecule has 2 aromatic heterocycles. The molecule has 40 heavy (non-hydrogen) atoms. The molecule has 0 saturated heterocycles. The number of thiazole rings is 2. The van der Waals surface area contributed by atoms with Gasteiger partial charge in [0.2, 0.25) is 11.2 Å². The molecular formula is C30H39ClN2O4S3. The van der Waals surface area contributed by atoms with Crippen LogP contribution in [-0.4, -0.2) is 4.57 Å². The van der Waals surface area contributed by atoms with Gasteiger partial charge < -0.3 is 0 Å². The maximum absolute atomic E-state index is 8.49. The zero-order chi connectivity index (χ0) is 30.2. The average Bonchev–Trinajstić information content (AvgIpc) is 3.37. The van der Waals surface area contributed by atoms with Crippen molar-refractivity contribution in [1.82, 2.24) is 4.57 Å². The zero-order valence-electron chi connectivity index (χ0n) is 24.5. The SMILES string of the molecule is CCc1cccc(CC)c1-[n+]1csc(C)c1C.CCc1cccc(CC)c1-n1c(C)c(C)sc1=S.[O-][Cl+3]([O-])([O-])[O-]. The summed E-state index contributed by atoms with van der Waals surface area (Å²) < 4.78 is 39.5. The van der Waals surface area contributed by atoms with E-state index < -0.39 is 10.2 Å². The molecule has 0 atom stereocenters. The summed E-state index contributed by atoms with van der Waals surface area (Å²) in [4.78, 5) is 2.71. The summed E-state index contributed by atoms with van der Waals surface area (Å²) in [6.07, 6.45) is 4.26.